The number of pyridine rings is 1. The highest BCUT2D eigenvalue weighted by Crippen LogP contribution is 2.27. The maximum atomic E-state index is 13.0. The number of aromatic nitrogens is 5. The molecule has 4 heterocycles. The Morgan fingerprint density at radius 3 is 2.94 bits per heavy atom. The van der Waals surface area contributed by atoms with E-state index in [1.54, 1.807) is 6.26 Å². The highest BCUT2D eigenvalue weighted by molar-refractivity contribution is 5.79. The molecule has 9 heteroatoms. The van der Waals surface area contributed by atoms with E-state index in [1.165, 1.54) is 0 Å². The zero-order valence-electron chi connectivity index (χ0n) is 19.6. The molecule has 178 valence electrons. The van der Waals surface area contributed by atoms with E-state index in [1.807, 2.05) is 35.0 Å². The van der Waals surface area contributed by atoms with Gasteiger partial charge in [0.05, 0.1) is 31.5 Å². The zero-order valence-corrected chi connectivity index (χ0v) is 19.6. The summed E-state index contributed by atoms with van der Waals surface area (Å²) >= 11 is 0. The fourth-order valence-electron chi connectivity index (χ4n) is 4.75. The lowest BCUT2D eigenvalue weighted by Gasteiger charge is -2.29. The van der Waals surface area contributed by atoms with Gasteiger partial charge in [0.1, 0.15) is 5.76 Å². The number of hydrogen-bond acceptors (Lipinski definition) is 7. The van der Waals surface area contributed by atoms with Crippen molar-refractivity contribution in [2.24, 2.45) is 0 Å². The Morgan fingerprint density at radius 2 is 2.18 bits per heavy atom. The SMILES string of the molecule is CC[C@H](c1nnnn1C[C@H]1CCCO1)N(Cc1ccco1)Cc1cc2cc(C)ccc2[nH]c1=O. The van der Waals surface area contributed by atoms with Crippen LogP contribution in [0.1, 0.15) is 54.9 Å². The summed E-state index contributed by atoms with van der Waals surface area (Å²) in [6.45, 7) is 6.54. The molecule has 2 atom stereocenters. The van der Waals surface area contributed by atoms with Gasteiger partial charge in [0.2, 0.25) is 0 Å². The maximum Gasteiger partial charge on any atom is 0.252 e. The van der Waals surface area contributed by atoms with Gasteiger partial charge in [-0.05, 0) is 72.3 Å². The fraction of sp³-hybridized carbons (Fsp3) is 0.440. The second-order valence-electron chi connectivity index (χ2n) is 8.98. The van der Waals surface area contributed by atoms with Crippen molar-refractivity contribution in [3.8, 4) is 0 Å². The molecule has 1 fully saturated rings. The first-order valence-electron chi connectivity index (χ1n) is 11.9. The molecular formula is C25H30N6O3. The van der Waals surface area contributed by atoms with E-state index in [2.05, 4.69) is 45.3 Å². The van der Waals surface area contributed by atoms with Gasteiger partial charge in [-0.1, -0.05) is 18.6 Å². The molecule has 1 aliphatic heterocycles. The minimum Gasteiger partial charge on any atom is -0.468 e. The molecule has 1 saturated heterocycles. The molecule has 0 spiro atoms. The third kappa shape index (κ3) is 4.80. The first-order valence-corrected chi connectivity index (χ1v) is 11.9. The number of ether oxygens (including phenoxy) is 1. The number of aryl methyl sites for hydroxylation is 1. The summed E-state index contributed by atoms with van der Waals surface area (Å²) in [5.74, 6) is 1.60. The van der Waals surface area contributed by atoms with Gasteiger partial charge in [0.15, 0.2) is 5.82 Å². The monoisotopic (exact) mass is 462 g/mol. The van der Waals surface area contributed by atoms with Crippen molar-refractivity contribution in [3.05, 3.63) is 75.7 Å². The first kappa shape index (κ1) is 22.5. The Balaban J connectivity index is 1.48. The summed E-state index contributed by atoms with van der Waals surface area (Å²) in [7, 11) is 0. The molecular weight excluding hydrogens is 432 g/mol. The third-order valence-electron chi connectivity index (χ3n) is 6.47. The molecule has 0 aliphatic carbocycles. The number of fused-ring (bicyclic) bond motifs is 1. The van der Waals surface area contributed by atoms with Gasteiger partial charge in [-0.3, -0.25) is 9.69 Å². The number of nitrogens with one attached hydrogen (secondary N) is 1. The Bertz CT molecular complexity index is 1290. The normalized spacial score (nSPS) is 17.1. The van der Waals surface area contributed by atoms with Crippen LogP contribution in [0.4, 0.5) is 0 Å². The van der Waals surface area contributed by atoms with Crippen LogP contribution in [0.15, 0.2) is 51.9 Å². The van der Waals surface area contributed by atoms with Crippen molar-refractivity contribution < 1.29 is 9.15 Å². The van der Waals surface area contributed by atoms with Gasteiger partial charge >= 0.3 is 0 Å². The van der Waals surface area contributed by atoms with Crippen LogP contribution in [0.25, 0.3) is 10.9 Å². The van der Waals surface area contributed by atoms with Crippen molar-refractivity contribution in [1.29, 1.82) is 0 Å². The zero-order chi connectivity index (χ0) is 23.5. The largest absolute Gasteiger partial charge is 0.468 e. The van der Waals surface area contributed by atoms with Crippen LogP contribution in [0.2, 0.25) is 0 Å². The Kier molecular flexibility index (Phi) is 6.55. The highest BCUT2D eigenvalue weighted by atomic mass is 16.5. The summed E-state index contributed by atoms with van der Waals surface area (Å²) in [4.78, 5) is 18.2. The molecule has 4 aromatic rings. The summed E-state index contributed by atoms with van der Waals surface area (Å²) in [6.07, 6.45) is 4.65. The van der Waals surface area contributed by atoms with Gasteiger partial charge < -0.3 is 14.1 Å². The quantitative estimate of drug-likeness (QED) is 0.404. The van der Waals surface area contributed by atoms with Crippen molar-refractivity contribution in [2.75, 3.05) is 6.61 Å². The second kappa shape index (κ2) is 9.90. The smallest absolute Gasteiger partial charge is 0.252 e. The van der Waals surface area contributed by atoms with Crippen molar-refractivity contribution >= 4 is 10.9 Å². The molecule has 0 amide bonds. The number of rotatable bonds is 9. The van der Waals surface area contributed by atoms with Gasteiger partial charge in [-0.2, -0.15) is 0 Å². The second-order valence-corrected chi connectivity index (χ2v) is 8.98. The van der Waals surface area contributed by atoms with Gasteiger partial charge in [-0.25, -0.2) is 4.68 Å². The van der Waals surface area contributed by atoms with Gasteiger partial charge in [0.25, 0.3) is 5.56 Å². The highest BCUT2D eigenvalue weighted by Gasteiger charge is 2.28. The molecule has 1 aliphatic rings. The van der Waals surface area contributed by atoms with Crippen LogP contribution < -0.4 is 5.56 Å². The number of furan rings is 1. The van der Waals surface area contributed by atoms with E-state index >= 15 is 0 Å². The van der Waals surface area contributed by atoms with Crippen molar-refractivity contribution in [2.45, 2.75) is 64.9 Å². The number of aromatic amines is 1. The van der Waals surface area contributed by atoms with Crippen molar-refractivity contribution in [1.82, 2.24) is 30.1 Å². The molecule has 0 bridgehead atoms. The summed E-state index contributed by atoms with van der Waals surface area (Å²) in [6, 6.07) is 11.7. The molecule has 1 aromatic carbocycles. The van der Waals surface area contributed by atoms with E-state index in [-0.39, 0.29) is 17.7 Å². The minimum atomic E-state index is -0.103. The lowest BCUT2D eigenvalue weighted by molar-refractivity contribution is 0.0882. The molecule has 0 unspecified atom stereocenters. The molecule has 0 radical (unpaired) electrons. The topological polar surface area (TPSA) is 102 Å². The Labute approximate surface area is 197 Å². The van der Waals surface area contributed by atoms with Crippen LogP contribution in [0.3, 0.4) is 0 Å². The van der Waals surface area contributed by atoms with Gasteiger partial charge in [0, 0.05) is 24.2 Å². The molecule has 3 aromatic heterocycles. The molecule has 5 rings (SSSR count). The number of nitrogens with zero attached hydrogens (tertiary/aromatic N) is 5. The molecule has 0 saturated carbocycles. The maximum absolute atomic E-state index is 13.0. The fourth-order valence-corrected chi connectivity index (χ4v) is 4.75. The Hall–Kier alpha value is -3.30. The Morgan fingerprint density at radius 1 is 1.26 bits per heavy atom. The molecule has 9 nitrogen and oxygen atoms in total. The molecule has 1 N–H and O–H groups in total. The summed E-state index contributed by atoms with van der Waals surface area (Å²) in [5.41, 5.74) is 2.60. The van der Waals surface area contributed by atoms with Crippen LogP contribution in [-0.4, -0.2) is 42.8 Å². The predicted octanol–water partition coefficient (Wildman–Crippen LogP) is 3.75. The summed E-state index contributed by atoms with van der Waals surface area (Å²) < 4.78 is 13.3. The van der Waals surface area contributed by atoms with Crippen LogP contribution in [0, 0.1) is 6.92 Å². The number of benzene rings is 1. The van der Waals surface area contributed by atoms with Crippen LogP contribution in [0.5, 0.6) is 0 Å². The lowest BCUT2D eigenvalue weighted by atomic mass is 10.1. The molecule has 34 heavy (non-hydrogen) atoms. The van der Waals surface area contributed by atoms with E-state index in [4.69, 9.17) is 9.15 Å². The predicted molar refractivity (Wildman–Crippen MR) is 127 cm³/mol. The summed E-state index contributed by atoms with van der Waals surface area (Å²) in [5, 5.41) is 13.6. The first-order chi connectivity index (χ1) is 16.6. The van der Waals surface area contributed by atoms with E-state index < -0.39 is 0 Å². The average Bonchev–Trinajstić information content (AvgIpc) is 3.60. The van der Waals surface area contributed by atoms with E-state index in [0.717, 1.165) is 53.9 Å². The number of tetrazole rings is 1. The average molecular weight is 463 g/mol. The van der Waals surface area contributed by atoms with E-state index in [9.17, 15) is 4.79 Å². The van der Waals surface area contributed by atoms with Gasteiger partial charge in [-0.15, -0.1) is 5.10 Å². The van der Waals surface area contributed by atoms with Crippen molar-refractivity contribution in [3.63, 3.8) is 0 Å². The van der Waals surface area contributed by atoms with E-state index in [0.29, 0.717) is 25.2 Å². The third-order valence-corrected chi connectivity index (χ3v) is 6.47. The number of H-pyrrole nitrogens is 1. The minimum absolute atomic E-state index is 0.0883. The lowest BCUT2D eigenvalue weighted by Crippen LogP contribution is -2.33. The van der Waals surface area contributed by atoms with Crippen LogP contribution >= 0.6 is 0 Å². The standard InChI is InChI=1S/C25H30N6O3/c1-3-23(24-27-28-29-31(24)16-21-7-5-11-34-21)30(15-20-6-4-10-33-20)14-19-13-18-12-17(2)8-9-22(18)26-25(19)32/h4,6,8-10,12-13,21,23H,3,5,7,11,14-16H2,1-2H3,(H,26,32)/t21-,23-/m1/s1. The van der Waals surface area contributed by atoms with Crippen LogP contribution in [-0.2, 0) is 24.4 Å². The number of hydrogen-bond donors (Lipinski definition) is 1.